The molecule has 0 radical (unpaired) electrons. The second kappa shape index (κ2) is 11.0. The number of carbonyl (C=O) groups excluding carboxylic acids is 2. The lowest BCUT2D eigenvalue weighted by Crippen LogP contribution is -2.48. The highest BCUT2D eigenvalue weighted by molar-refractivity contribution is 5.95. The first kappa shape index (κ1) is 22.1. The third-order valence-corrected chi connectivity index (χ3v) is 5.53. The van der Waals surface area contributed by atoms with Gasteiger partial charge in [-0.25, -0.2) is 0 Å². The monoisotopic (exact) mass is 438 g/mol. The predicted molar refractivity (Wildman–Crippen MR) is 128 cm³/mol. The summed E-state index contributed by atoms with van der Waals surface area (Å²) in [7, 11) is 0. The van der Waals surface area contributed by atoms with Gasteiger partial charge in [0.2, 0.25) is 5.91 Å². The van der Waals surface area contributed by atoms with Crippen molar-refractivity contribution in [1.29, 1.82) is 0 Å². The van der Waals surface area contributed by atoms with Crippen LogP contribution in [0, 0.1) is 0 Å². The molecule has 2 amide bonds. The van der Waals surface area contributed by atoms with E-state index in [2.05, 4.69) is 34.9 Å². The second-order valence-corrected chi connectivity index (χ2v) is 7.81. The fraction of sp³-hybridized carbons (Fsp3) is 0.143. The van der Waals surface area contributed by atoms with Crippen molar-refractivity contribution in [3.05, 3.63) is 132 Å². The average Bonchev–Trinajstić information content (AvgIpc) is 3.41. The molecule has 0 spiro atoms. The van der Waals surface area contributed by atoms with E-state index in [0.717, 1.165) is 16.7 Å². The molecule has 0 saturated heterocycles. The van der Waals surface area contributed by atoms with E-state index in [1.807, 2.05) is 66.7 Å². The summed E-state index contributed by atoms with van der Waals surface area (Å²) in [4.78, 5) is 25.9. The van der Waals surface area contributed by atoms with E-state index in [1.165, 1.54) is 6.26 Å². The van der Waals surface area contributed by atoms with Gasteiger partial charge in [-0.1, -0.05) is 91.0 Å². The Hall–Kier alpha value is -4.12. The number of rotatable bonds is 9. The van der Waals surface area contributed by atoms with Crippen molar-refractivity contribution < 1.29 is 14.0 Å². The smallest absolute Gasteiger partial charge is 0.287 e. The Labute approximate surface area is 193 Å². The molecule has 0 aliphatic carbocycles. The number of hydrogen-bond acceptors (Lipinski definition) is 3. The van der Waals surface area contributed by atoms with Crippen LogP contribution in [0.15, 0.2) is 114 Å². The third-order valence-electron chi connectivity index (χ3n) is 5.53. The molecular formula is C28H26N2O3. The van der Waals surface area contributed by atoms with Crippen LogP contribution in [-0.2, 0) is 11.2 Å². The van der Waals surface area contributed by atoms with Gasteiger partial charge >= 0.3 is 0 Å². The van der Waals surface area contributed by atoms with E-state index in [1.54, 1.807) is 12.1 Å². The van der Waals surface area contributed by atoms with Gasteiger partial charge in [-0.15, -0.1) is 0 Å². The molecule has 1 aromatic heterocycles. The normalized spacial score (nSPS) is 11.7. The largest absolute Gasteiger partial charge is 0.459 e. The SMILES string of the molecule is O=C(NC(Cc1ccccc1)C(=O)NCC(c1ccccc1)c1ccccc1)c1ccco1. The van der Waals surface area contributed by atoms with Crippen LogP contribution in [0.25, 0.3) is 0 Å². The Bertz CT molecular complexity index is 1100. The molecule has 166 valence electrons. The minimum Gasteiger partial charge on any atom is -0.459 e. The van der Waals surface area contributed by atoms with Crippen molar-refractivity contribution in [1.82, 2.24) is 10.6 Å². The molecule has 5 nitrogen and oxygen atoms in total. The molecule has 3 aromatic carbocycles. The topological polar surface area (TPSA) is 71.3 Å². The lowest BCUT2D eigenvalue weighted by atomic mass is 9.91. The minimum atomic E-state index is -0.739. The van der Waals surface area contributed by atoms with Crippen molar-refractivity contribution in [2.24, 2.45) is 0 Å². The Morgan fingerprint density at radius 2 is 1.30 bits per heavy atom. The van der Waals surface area contributed by atoms with Crippen LogP contribution in [-0.4, -0.2) is 24.4 Å². The minimum absolute atomic E-state index is 0.00509. The first-order chi connectivity index (χ1) is 16.2. The number of nitrogens with one attached hydrogen (secondary N) is 2. The summed E-state index contributed by atoms with van der Waals surface area (Å²) < 4.78 is 5.20. The van der Waals surface area contributed by atoms with Crippen LogP contribution < -0.4 is 10.6 Å². The van der Waals surface area contributed by atoms with Gasteiger partial charge in [0.05, 0.1) is 6.26 Å². The fourth-order valence-corrected chi connectivity index (χ4v) is 3.82. The van der Waals surface area contributed by atoms with Crippen LogP contribution in [0.5, 0.6) is 0 Å². The summed E-state index contributed by atoms with van der Waals surface area (Å²) in [6, 6.07) is 32.3. The van der Waals surface area contributed by atoms with Gasteiger partial charge in [-0.05, 0) is 28.8 Å². The van der Waals surface area contributed by atoms with Gasteiger partial charge in [0.25, 0.3) is 5.91 Å². The van der Waals surface area contributed by atoms with Gasteiger partial charge in [-0.2, -0.15) is 0 Å². The Morgan fingerprint density at radius 1 is 0.727 bits per heavy atom. The van der Waals surface area contributed by atoms with Crippen LogP contribution in [0.3, 0.4) is 0 Å². The lowest BCUT2D eigenvalue weighted by molar-refractivity contribution is -0.123. The van der Waals surface area contributed by atoms with Gasteiger partial charge in [-0.3, -0.25) is 9.59 Å². The highest BCUT2D eigenvalue weighted by Gasteiger charge is 2.24. The van der Waals surface area contributed by atoms with Gasteiger partial charge in [0.1, 0.15) is 6.04 Å². The maximum absolute atomic E-state index is 13.3. The summed E-state index contributed by atoms with van der Waals surface area (Å²) in [6.45, 7) is 0.411. The Balaban J connectivity index is 1.51. The Morgan fingerprint density at radius 3 is 1.85 bits per heavy atom. The maximum Gasteiger partial charge on any atom is 0.287 e. The summed E-state index contributed by atoms with van der Waals surface area (Å²) in [5, 5.41) is 5.89. The van der Waals surface area contributed by atoms with E-state index in [-0.39, 0.29) is 17.6 Å². The zero-order chi connectivity index (χ0) is 22.9. The number of hydrogen-bond donors (Lipinski definition) is 2. The Kier molecular flexibility index (Phi) is 7.33. The van der Waals surface area contributed by atoms with Crippen LogP contribution in [0.1, 0.15) is 33.2 Å². The molecule has 33 heavy (non-hydrogen) atoms. The average molecular weight is 439 g/mol. The quantitative estimate of drug-likeness (QED) is 0.402. The van der Waals surface area contributed by atoms with Crippen molar-refractivity contribution >= 4 is 11.8 Å². The molecule has 4 rings (SSSR count). The molecule has 0 fully saturated rings. The standard InChI is InChI=1S/C28H26N2O3/c31-27(29-20-24(22-13-6-2-7-14-22)23-15-8-3-9-16-23)25(19-21-11-4-1-5-12-21)30-28(32)26-17-10-18-33-26/h1-18,24-25H,19-20H2,(H,29,31)(H,30,32). The van der Waals surface area contributed by atoms with E-state index in [0.29, 0.717) is 13.0 Å². The van der Waals surface area contributed by atoms with Crippen LogP contribution in [0.2, 0.25) is 0 Å². The second-order valence-electron chi connectivity index (χ2n) is 7.81. The zero-order valence-corrected chi connectivity index (χ0v) is 18.2. The summed E-state index contributed by atoms with van der Waals surface area (Å²) in [5.74, 6) is -0.490. The molecule has 2 N–H and O–H groups in total. The molecule has 0 bridgehead atoms. The van der Waals surface area contributed by atoms with E-state index >= 15 is 0 Å². The molecule has 4 aromatic rings. The molecule has 1 unspecified atom stereocenters. The highest BCUT2D eigenvalue weighted by atomic mass is 16.3. The summed E-state index contributed by atoms with van der Waals surface area (Å²) >= 11 is 0. The van der Waals surface area contributed by atoms with Crippen molar-refractivity contribution in [2.45, 2.75) is 18.4 Å². The lowest BCUT2D eigenvalue weighted by Gasteiger charge is -2.22. The maximum atomic E-state index is 13.3. The molecule has 0 saturated carbocycles. The summed E-state index contributed by atoms with van der Waals surface area (Å²) in [6.07, 6.45) is 1.81. The fourth-order valence-electron chi connectivity index (χ4n) is 3.82. The molecule has 5 heteroatoms. The number of furan rings is 1. The van der Waals surface area contributed by atoms with E-state index in [4.69, 9.17) is 4.42 Å². The van der Waals surface area contributed by atoms with Gasteiger partial charge in [0, 0.05) is 18.9 Å². The third kappa shape index (κ3) is 5.98. The molecule has 1 heterocycles. The number of benzene rings is 3. The van der Waals surface area contributed by atoms with Gasteiger partial charge in [0.15, 0.2) is 5.76 Å². The van der Waals surface area contributed by atoms with Crippen LogP contribution in [0.4, 0.5) is 0 Å². The number of amides is 2. The van der Waals surface area contributed by atoms with Crippen molar-refractivity contribution in [2.75, 3.05) is 6.54 Å². The molecular weight excluding hydrogens is 412 g/mol. The predicted octanol–water partition coefficient (Wildman–Crippen LogP) is 4.57. The van der Waals surface area contributed by atoms with Crippen LogP contribution >= 0.6 is 0 Å². The van der Waals surface area contributed by atoms with E-state index in [9.17, 15) is 9.59 Å². The van der Waals surface area contributed by atoms with E-state index < -0.39 is 11.9 Å². The highest BCUT2D eigenvalue weighted by Crippen LogP contribution is 2.23. The molecule has 0 aliphatic heterocycles. The first-order valence-electron chi connectivity index (χ1n) is 11.0. The molecule has 0 aliphatic rings. The number of carbonyl (C=O) groups is 2. The van der Waals surface area contributed by atoms with Crippen molar-refractivity contribution in [3.63, 3.8) is 0 Å². The molecule has 1 atom stereocenters. The van der Waals surface area contributed by atoms with Gasteiger partial charge < -0.3 is 15.1 Å². The summed E-state index contributed by atoms with van der Waals surface area (Å²) in [5.41, 5.74) is 3.19. The van der Waals surface area contributed by atoms with Crippen molar-refractivity contribution in [3.8, 4) is 0 Å². The zero-order valence-electron chi connectivity index (χ0n) is 18.2. The first-order valence-corrected chi connectivity index (χ1v) is 11.0.